The van der Waals surface area contributed by atoms with Crippen molar-refractivity contribution in [1.29, 1.82) is 0 Å². The number of halogens is 1. The van der Waals surface area contributed by atoms with Crippen LogP contribution in [0, 0.1) is 0 Å². The molecule has 0 spiro atoms. The van der Waals surface area contributed by atoms with Gasteiger partial charge in [0.2, 0.25) is 0 Å². The Labute approximate surface area is 202 Å². The summed E-state index contributed by atoms with van der Waals surface area (Å²) in [4.78, 5) is 8.33. The van der Waals surface area contributed by atoms with Gasteiger partial charge in [-0.2, -0.15) is 5.10 Å². The first-order chi connectivity index (χ1) is 14.6. The highest BCUT2D eigenvalue weighted by Crippen LogP contribution is 2.15. The molecule has 3 aromatic rings. The molecule has 0 unspecified atom stereocenters. The number of nitrogens with one attached hydrogen (secondary N) is 2. The van der Waals surface area contributed by atoms with Crippen LogP contribution in [0.1, 0.15) is 48.4 Å². The van der Waals surface area contributed by atoms with Crippen molar-refractivity contribution >= 4 is 29.9 Å². The zero-order valence-electron chi connectivity index (χ0n) is 18.6. The minimum absolute atomic E-state index is 0. The van der Waals surface area contributed by atoms with E-state index >= 15 is 0 Å². The molecular formula is C24H33IN6. The standard InChI is InChI=1S/C24H32N6.HI/c1-19(2)23-11-9-20(10-12-23)8-5-13-27-24(25-3)28-15-21-6-4-7-22(14-21)16-30-18-26-17-29-30;/h4,6-7,9-12,14,17-19H,5,8,13,15-16H2,1-3H3,(H2,25,27,28);1H. The van der Waals surface area contributed by atoms with Gasteiger partial charge in [-0.3, -0.25) is 4.99 Å². The summed E-state index contributed by atoms with van der Waals surface area (Å²) < 4.78 is 1.82. The van der Waals surface area contributed by atoms with Crippen molar-refractivity contribution in [1.82, 2.24) is 25.4 Å². The Bertz CT molecular complexity index is 920. The first kappa shape index (κ1) is 24.8. The van der Waals surface area contributed by atoms with Crippen LogP contribution in [0.25, 0.3) is 0 Å². The van der Waals surface area contributed by atoms with Gasteiger partial charge in [-0.1, -0.05) is 62.4 Å². The fraction of sp³-hybridized carbons (Fsp3) is 0.375. The topological polar surface area (TPSA) is 67.1 Å². The molecule has 0 aliphatic heterocycles. The Kier molecular flexibility index (Phi) is 10.5. The van der Waals surface area contributed by atoms with Crippen molar-refractivity contribution < 1.29 is 0 Å². The number of hydrogen-bond donors (Lipinski definition) is 2. The minimum atomic E-state index is 0. The van der Waals surface area contributed by atoms with Gasteiger partial charge in [0.1, 0.15) is 12.7 Å². The summed E-state index contributed by atoms with van der Waals surface area (Å²) in [5, 5.41) is 11.0. The van der Waals surface area contributed by atoms with E-state index in [1.165, 1.54) is 22.3 Å². The summed E-state index contributed by atoms with van der Waals surface area (Å²) in [6.45, 7) is 6.79. The van der Waals surface area contributed by atoms with Gasteiger partial charge in [-0.15, -0.1) is 24.0 Å². The molecule has 0 bridgehead atoms. The molecule has 0 atom stereocenters. The van der Waals surface area contributed by atoms with Crippen molar-refractivity contribution in [3.8, 4) is 0 Å². The predicted octanol–water partition coefficient (Wildman–Crippen LogP) is 4.37. The quantitative estimate of drug-likeness (QED) is 0.186. The lowest BCUT2D eigenvalue weighted by Gasteiger charge is -2.13. The Hall–Kier alpha value is -2.42. The molecule has 3 rings (SSSR count). The van der Waals surface area contributed by atoms with Gasteiger partial charge in [0.05, 0.1) is 6.54 Å². The maximum Gasteiger partial charge on any atom is 0.191 e. The molecule has 166 valence electrons. The summed E-state index contributed by atoms with van der Waals surface area (Å²) in [5.41, 5.74) is 5.19. The molecule has 2 aromatic carbocycles. The van der Waals surface area contributed by atoms with Crippen LogP contribution in [0.4, 0.5) is 0 Å². The minimum Gasteiger partial charge on any atom is -0.356 e. The number of aliphatic imine (C=N–C) groups is 1. The second kappa shape index (κ2) is 13.1. The lowest BCUT2D eigenvalue weighted by molar-refractivity contribution is 0.683. The molecule has 0 saturated carbocycles. The van der Waals surface area contributed by atoms with Crippen molar-refractivity contribution in [2.45, 2.75) is 45.7 Å². The molecule has 2 N–H and O–H groups in total. The van der Waals surface area contributed by atoms with Crippen LogP contribution in [0.3, 0.4) is 0 Å². The van der Waals surface area contributed by atoms with Gasteiger partial charge in [0.15, 0.2) is 5.96 Å². The van der Waals surface area contributed by atoms with E-state index in [4.69, 9.17) is 0 Å². The predicted molar refractivity (Wildman–Crippen MR) is 138 cm³/mol. The Morgan fingerprint density at radius 1 is 1.03 bits per heavy atom. The molecule has 6 nitrogen and oxygen atoms in total. The molecule has 0 fully saturated rings. The average Bonchev–Trinajstić information content (AvgIpc) is 3.27. The second-order valence-electron chi connectivity index (χ2n) is 7.77. The first-order valence-electron chi connectivity index (χ1n) is 10.6. The van der Waals surface area contributed by atoms with E-state index in [0.717, 1.165) is 38.4 Å². The van der Waals surface area contributed by atoms with Crippen molar-refractivity contribution in [2.24, 2.45) is 4.99 Å². The van der Waals surface area contributed by atoms with Gasteiger partial charge >= 0.3 is 0 Å². The van der Waals surface area contributed by atoms with Crippen molar-refractivity contribution in [3.63, 3.8) is 0 Å². The van der Waals surface area contributed by atoms with E-state index in [9.17, 15) is 0 Å². The third kappa shape index (κ3) is 8.32. The highest BCUT2D eigenvalue weighted by atomic mass is 127. The summed E-state index contributed by atoms with van der Waals surface area (Å²) in [6.07, 6.45) is 5.42. The van der Waals surface area contributed by atoms with Gasteiger partial charge in [0, 0.05) is 20.1 Å². The average molecular weight is 532 g/mol. The van der Waals surface area contributed by atoms with Crippen LogP contribution in [0.5, 0.6) is 0 Å². The molecule has 0 radical (unpaired) electrons. The normalized spacial score (nSPS) is 11.3. The molecule has 0 aliphatic carbocycles. The van der Waals surface area contributed by atoms with Crippen LogP contribution in [0.15, 0.2) is 66.2 Å². The first-order valence-corrected chi connectivity index (χ1v) is 10.6. The lowest BCUT2D eigenvalue weighted by atomic mass is 10.0. The number of rotatable bonds is 9. The number of guanidine groups is 1. The van der Waals surface area contributed by atoms with E-state index in [2.05, 4.69) is 88.1 Å². The molecule has 31 heavy (non-hydrogen) atoms. The van der Waals surface area contributed by atoms with E-state index in [1.807, 2.05) is 4.68 Å². The van der Waals surface area contributed by atoms with Gasteiger partial charge < -0.3 is 10.6 Å². The highest BCUT2D eigenvalue weighted by Gasteiger charge is 2.02. The third-order valence-electron chi connectivity index (χ3n) is 5.07. The SMILES string of the molecule is CN=C(NCCCc1ccc(C(C)C)cc1)NCc1cccc(Cn2cncn2)c1.I. The summed E-state index contributed by atoms with van der Waals surface area (Å²) in [5.74, 6) is 1.41. The number of aromatic nitrogens is 3. The summed E-state index contributed by atoms with van der Waals surface area (Å²) in [7, 11) is 1.81. The summed E-state index contributed by atoms with van der Waals surface area (Å²) in [6, 6.07) is 17.4. The van der Waals surface area contributed by atoms with Gasteiger partial charge in [-0.05, 0) is 41.0 Å². The maximum atomic E-state index is 4.33. The number of hydrogen-bond acceptors (Lipinski definition) is 3. The van der Waals surface area contributed by atoms with E-state index in [-0.39, 0.29) is 24.0 Å². The Balaban J connectivity index is 0.00000341. The molecule has 0 saturated heterocycles. The van der Waals surface area contributed by atoms with Crippen LogP contribution < -0.4 is 10.6 Å². The molecule has 0 amide bonds. The largest absolute Gasteiger partial charge is 0.356 e. The zero-order chi connectivity index (χ0) is 21.2. The molecule has 1 heterocycles. The van der Waals surface area contributed by atoms with E-state index in [0.29, 0.717) is 5.92 Å². The highest BCUT2D eigenvalue weighted by molar-refractivity contribution is 14.0. The fourth-order valence-electron chi connectivity index (χ4n) is 3.31. The molecular weight excluding hydrogens is 499 g/mol. The molecule has 1 aromatic heterocycles. The van der Waals surface area contributed by atoms with E-state index in [1.54, 1.807) is 19.7 Å². The van der Waals surface area contributed by atoms with Crippen LogP contribution in [-0.2, 0) is 19.5 Å². The number of nitrogens with zero attached hydrogens (tertiary/aromatic N) is 4. The molecule has 7 heteroatoms. The maximum absolute atomic E-state index is 4.33. The van der Waals surface area contributed by atoms with Crippen LogP contribution in [-0.4, -0.2) is 34.3 Å². The zero-order valence-corrected chi connectivity index (χ0v) is 20.9. The van der Waals surface area contributed by atoms with Crippen molar-refractivity contribution in [2.75, 3.05) is 13.6 Å². The summed E-state index contributed by atoms with van der Waals surface area (Å²) >= 11 is 0. The molecule has 0 aliphatic rings. The number of aryl methyl sites for hydroxylation is 1. The Morgan fingerprint density at radius 2 is 1.81 bits per heavy atom. The van der Waals surface area contributed by atoms with Crippen LogP contribution >= 0.6 is 24.0 Å². The van der Waals surface area contributed by atoms with E-state index < -0.39 is 0 Å². The smallest absolute Gasteiger partial charge is 0.191 e. The lowest BCUT2D eigenvalue weighted by Crippen LogP contribution is -2.37. The third-order valence-corrected chi connectivity index (χ3v) is 5.07. The number of benzene rings is 2. The second-order valence-corrected chi connectivity index (χ2v) is 7.77. The van der Waals surface area contributed by atoms with Gasteiger partial charge in [0.25, 0.3) is 0 Å². The monoisotopic (exact) mass is 532 g/mol. The van der Waals surface area contributed by atoms with Gasteiger partial charge in [-0.25, -0.2) is 9.67 Å². The van der Waals surface area contributed by atoms with Crippen molar-refractivity contribution in [3.05, 3.63) is 83.4 Å². The van der Waals surface area contributed by atoms with Crippen LogP contribution in [0.2, 0.25) is 0 Å². The Morgan fingerprint density at radius 3 is 2.48 bits per heavy atom. The fourth-order valence-corrected chi connectivity index (χ4v) is 3.31.